The Kier molecular flexibility index (Phi) is 8.26. The van der Waals surface area contributed by atoms with Crippen LogP contribution in [-0.4, -0.2) is 0 Å². The fourth-order valence-corrected chi connectivity index (χ4v) is 9.33. The Labute approximate surface area is 305 Å². The Morgan fingerprint density at radius 3 is 1.78 bits per heavy atom. The summed E-state index contributed by atoms with van der Waals surface area (Å²) in [5.41, 5.74) is 17.2. The smallest absolute Gasteiger partial charge is 0.0210 e. The molecule has 0 bridgehead atoms. The Bertz CT molecular complexity index is 2310. The van der Waals surface area contributed by atoms with Crippen LogP contribution in [0.15, 0.2) is 139 Å². The van der Waals surface area contributed by atoms with Gasteiger partial charge in [-0.25, -0.2) is 0 Å². The van der Waals surface area contributed by atoms with Crippen LogP contribution >= 0.6 is 0 Å². The molecular formula is C51H50. The molecule has 0 atom stereocenters. The van der Waals surface area contributed by atoms with Gasteiger partial charge in [0.05, 0.1) is 0 Å². The van der Waals surface area contributed by atoms with E-state index in [2.05, 4.69) is 182 Å². The summed E-state index contributed by atoms with van der Waals surface area (Å²) in [6, 6.07) is 38.8. The lowest BCUT2D eigenvalue weighted by Gasteiger charge is -2.28. The van der Waals surface area contributed by atoms with E-state index in [0.29, 0.717) is 5.92 Å². The summed E-state index contributed by atoms with van der Waals surface area (Å²) in [6.07, 6.45) is 14.6. The third-order valence-electron chi connectivity index (χ3n) is 11.6. The second-order valence-corrected chi connectivity index (χ2v) is 16.7. The van der Waals surface area contributed by atoms with Crippen LogP contribution in [0.3, 0.4) is 0 Å². The van der Waals surface area contributed by atoms with Gasteiger partial charge in [-0.2, -0.15) is 0 Å². The molecule has 6 aromatic rings. The summed E-state index contributed by atoms with van der Waals surface area (Å²) in [5, 5.41) is 5.30. The van der Waals surface area contributed by atoms with Gasteiger partial charge in [0.1, 0.15) is 0 Å². The molecule has 0 heterocycles. The minimum absolute atomic E-state index is 0.0658. The van der Waals surface area contributed by atoms with Gasteiger partial charge in [-0.1, -0.05) is 168 Å². The lowest BCUT2D eigenvalue weighted by molar-refractivity contribution is 0.584. The van der Waals surface area contributed by atoms with Crippen LogP contribution in [0.25, 0.3) is 32.7 Å². The van der Waals surface area contributed by atoms with E-state index in [9.17, 15) is 0 Å². The van der Waals surface area contributed by atoms with E-state index in [4.69, 9.17) is 0 Å². The van der Waals surface area contributed by atoms with Crippen molar-refractivity contribution in [2.45, 2.75) is 84.5 Å². The van der Waals surface area contributed by atoms with Crippen molar-refractivity contribution >= 4 is 21.5 Å². The molecule has 0 heteroatoms. The highest BCUT2D eigenvalue weighted by Gasteiger charge is 2.32. The van der Waals surface area contributed by atoms with Gasteiger partial charge in [-0.15, -0.1) is 0 Å². The second kappa shape index (κ2) is 12.7. The van der Waals surface area contributed by atoms with Crippen molar-refractivity contribution in [1.29, 1.82) is 0 Å². The summed E-state index contributed by atoms with van der Waals surface area (Å²) in [6.45, 7) is 16.6. The lowest BCUT2D eigenvalue weighted by Crippen LogP contribution is -2.18. The molecule has 0 aromatic heterocycles. The van der Waals surface area contributed by atoms with E-state index >= 15 is 0 Å². The van der Waals surface area contributed by atoms with Crippen LogP contribution in [0.1, 0.15) is 90.6 Å². The van der Waals surface area contributed by atoms with Gasteiger partial charge in [0.2, 0.25) is 0 Å². The van der Waals surface area contributed by atoms with E-state index < -0.39 is 0 Å². The summed E-state index contributed by atoms with van der Waals surface area (Å²) in [5.74, 6) is 0.348. The molecule has 0 aliphatic heterocycles. The highest BCUT2D eigenvalue weighted by Crippen LogP contribution is 2.48. The number of allylic oxidation sites excluding steroid dienone is 6. The molecule has 0 spiro atoms. The van der Waals surface area contributed by atoms with Crippen molar-refractivity contribution in [1.82, 2.24) is 0 Å². The van der Waals surface area contributed by atoms with Crippen LogP contribution in [0.2, 0.25) is 0 Å². The normalized spacial score (nSPS) is 14.0. The number of hydrogen-bond acceptors (Lipinski definition) is 0. The SMILES string of the molecule is Cc1cc2c(cc1C(C)(C)C=C(Cc1cccc3ccccc13)Cc1cccc3ccccc13)-c1cc(C(C)(C)C)c(C)c(C3C=CC=C3)c1C2. The Balaban J connectivity index is 1.26. The molecule has 0 radical (unpaired) electrons. The number of rotatable bonds is 7. The van der Waals surface area contributed by atoms with Gasteiger partial charge in [-0.3, -0.25) is 0 Å². The topological polar surface area (TPSA) is 0 Å². The fraction of sp³-hybridized carbons (Fsp3) is 0.255. The predicted molar refractivity (Wildman–Crippen MR) is 220 cm³/mol. The maximum absolute atomic E-state index is 2.61. The Morgan fingerprint density at radius 1 is 0.647 bits per heavy atom. The summed E-state index contributed by atoms with van der Waals surface area (Å²) < 4.78 is 0. The minimum Gasteiger partial charge on any atom is -0.0746 e. The zero-order chi connectivity index (χ0) is 35.5. The molecule has 0 nitrogen and oxygen atoms in total. The average Bonchev–Trinajstić information content (AvgIpc) is 3.75. The van der Waals surface area contributed by atoms with Gasteiger partial charge in [0.25, 0.3) is 0 Å². The van der Waals surface area contributed by atoms with E-state index in [1.807, 2.05) is 0 Å². The number of hydrogen-bond donors (Lipinski definition) is 0. The molecule has 6 aromatic carbocycles. The average molecular weight is 663 g/mol. The van der Waals surface area contributed by atoms with Crippen LogP contribution in [0.5, 0.6) is 0 Å². The maximum Gasteiger partial charge on any atom is 0.0210 e. The first-order chi connectivity index (χ1) is 24.5. The van der Waals surface area contributed by atoms with Crippen molar-refractivity contribution in [2.24, 2.45) is 0 Å². The molecule has 254 valence electrons. The first-order valence-electron chi connectivity index (χ1n) is 18.8. The molecular weight excluding hydrogens is 613 g/mol. The summed E-state index contributed by atoms with van der Waals surface area (Å²) in [7, 11) is 0. The second-order valence-electron chi connectivity index (χ2n) is 16.7. The van der Waals surface area contributed by atoms with Crippen molar-refractivity contribution in [3.05, 3.63) is 189 Å². The highest BCUT2D eigenvalue weighted by atomic mass is 14.4. The summed E-state index contributed by atoms with van der Waals surface area (Å²) >= 11 is 0. The van der Waals surface area contributed by atoms with Crippen LogP contribution in [0, 0.1) is 13.8 Å². The first kappa shape index (κ1) is 33.2. The summed E-state index contributed by atoms with van der Waals surface area (Å²) in [4.78, 5) is 0. The third-order valence-corrected chi connectivity index (χ3v) is 11.6. The van der Waals surface area contributed by atoms with Crippen LogP contribution < -0.4 is 0 Å². The fourth-order valence-electron chi connectivity index (χ4n) is 9.33. The monoisotopic (exact) mass is 662 g/mol. The predicted octanol–water partition coefficient (Wildman–Crippen LogP) is 13.4. The van der Waals surface area contributed by atoms with Crippen molar-refractivity contribution in [3.63, 3.8) is 0 Å². The molecule has 0 amide bonds. The van der Waals surface area contributed by atoms with Gasteiger partial charge in [0.15, 0.2) is 0 Å². The molecule has 2 aliphatic carbocycles. The van der Waals surface area contributed by atoms with E-state index in [-0.39, 0.29) is 10.8 Å². The van der Waals surface area contributed by atoms with E-state index in [0.717, 1.165) is 19.3 Å². The van der Waals surface area contributed by atoms with Crippen molar-refractivity contribution in [2.75, 3.05) is 0 Å². The standard InChI is InChI=1S/C51H50/c1-33-26-41-29-46-45(31-48(50(3,4)5)34(2)49(46)38-18-8-9-19-38)44(41)30-47(33)51(6,7)32-35(27-39-22-14-20-36-16-10-12-24-42(36)39)28-40-23-15-21-37-17-11-13-25-43(37)40/h8-26,30-32,38H,27-29H2,1-7H3. The van der Waals surface area contributed by atoms with E-state index in [1.165, 1.54) is 88.3 Å². The van der Waals surface area contributed by atoms with Gasteiger partial charge in [0, 0.05) is 11.3 Å². The zero-order valence-corrected chi connectivity index (χ0v) is 31.4. The zero-order valence-electron chi connectivity index (χ0n) is 31.4. The van der Waals surface area contributed by atoms with Gasteiger partial charge >= 0.3 is 0 Å². The van der Waals surface area contributed by atoms with Gasteiger partial charge in [-0.05, 0) is 127 Å². The molecule has 0 fully saturated rings. The Hall–Kier alpha value is -4.94. The molecule has 51 heavy (non-hydrogen) atoms. The van der Waals surface area contributed by atoms with Crippen molar-refractivity contribution < 1.29 is 0 Å². The number of aryl methyl sites for hydroxylation is 1. The molecule has 0 saturated carbocycles. The largest absolute Gasteiger partial charge is 0.0746 e. The lowest BCUT2D eigenvalue weighted by atomic mass is 9.76. The number of fused-ring (bicyclic) bond motifs is 5. The molecule has 2 aliphatic rings. The Morgan fingerprint density at radius 2 is 1.20 bits per heavy atom. The number of benzene rings is 6. The van der Waals surface area contributed by atoms with Crippen molar-refractivity contribution in [3.8, 4) is 11.1 Å². The molecule has 0 N–H and O–H groups in total. The molecule has 0 unspecified atom stereocenters. The molecule has 8 rings (SSSR count). The minimum atomic E-state index is -0.177. The molecule has 0 saturated heterocycles. The quantitative estimate of drug-likeness (QED) is 0.149. The van der Waals surface area contributed by atoms with E-state index in [1.54, 1.807) is 0 Å². The van der Waals surface area contributed by atoms with Crippen LogP contribution in [-0.2, 0) is 30.1 Å². The third kappa shape index (κ3) is 6.10. The maximum atomic E-state index is 2.61. The van der Waals surface area contributed by atoms with Crippen LogP contribution in [0.4, 0.5) is 0 Å². The first-order valence-corrected chi connectivity index (χ1v) is 18.8. The highest BCUT2D eigenvalue weighted by molar-refractivity contribution is 5.87. The van der Waals surface area contributed by atoms with Gasteiger partial charge < -0.3 is 0 Å².